The quantitative estimate of drug-likeness (QED) is 0.504. The van der Waals surface area contributed by atoms with Crippen LogP contribution in [-0.2, 0) is 17.6 Å². The minimum atomic E-state index is 0.120. The van der Waals surface area contributed by atoms with Gasteiger partial charge in [-0.1, -0.05) is 24.3 Å². The number of methoxy groups -OCH3 is 2. The smallest absolute Gasteiger partial charge is 0.228 e. The fraction of sp³-hybridized carbons (Fsp3) is 0.385. The third kappa shape index (κ3) is 5.13. The zero-order valence-electron chi connectivity index (χ0n) is 18.8. The minimum Gasteiger partial charge on any atom is -0.493 e. The number of ether oxygens (including phenoxy) is 2. The van der Waals surface area contributed by atoms with Crippen LogP contribution in [0.5, 0.6) is 11.5 Å². The van der Waals surface area contributed by atoms with Crippen molar-refractivity contribution in [2.24, 2.45) is 0 Å². The number of nitrogens with zero attached hydrogens (tertiary/aromatic N) is 2. The summed E-state index contributed by atoms with van der Waals surface area (Å²) in [6.45, 7) is 0.804. The van der Waals surface area contributed by atoms with Crippen molar-refractivity contribution in [3.63, 3.8) is 0 Å². The Hall–Kier alpha value is -3.28. The molecule has 0 spiro atoms. The third-order valence-electron chi connectivity index (χ3n) is 6.07. The first kappa shape index (κ1) is 21.9. The van der Waals surface area contributed by atoms with Crippen LogP contribution in [0, 0.1) is 0 Å². The Morgan fingerprint density at radius 1 is 1.09 bits per heavy atom. The summed E-state index contributed by atoms with van der Waals surface area (Å²) in [5, 5.41) is 0. The van der Waals surface area contributed by atoms with E-state index in [0.29, 0.717) is 11.6 Å². The number of oxazole rings is 1. The molecule has 6 heteroatoms. The van der Waals surface area contributed by atoms with Crippen molar-refractivity contribution in [2.75, 3.05) is 20.8 Å². The van der Waals surface area contributed by atoms with E-state index in [9.17, 15) is 4.79 Å². The molecule has 32 heavy (non-hydrogen) atoms. The summed E-state index contributed by atoms with van der Waals surface area (Å²) >= 11 is 0. The van der Waals surface area contributed by atoms with Crippen LogP contribution >= 0.6 is 0 Å². The lowest BCUT2D eigenvalue weighted by Crippen LogP contribution is -2.44. The van der Waals surface area contributed by atoms with Crippen molar-refractivity contribution in [3.05, 3.63) is 66.1 Å². The predicted molar refractivity (Wildman–Crippen MR) is 123 cm³/mol. The summed E-state index contributed by atoms with van der Waals surface area (Å²) < 4.78 is 16.4. The van der Waals surface area contributed by atoms with Crippen LogP contribution in [0.25, 0.3) is 11.5 Å². The highest BCUT2D eigenvalue weighted by Crippen LogP contribution is 2.29. The maximum atomic E-state index is 13.1. The average Bonchev–Trinajstić information content (AvgIpc) is 3.31. The van der Waals surface area contributed by atoms with Gasteiger partial charge in [0.05, 0.1) is 26.3 Å². The van der Waals surface area contributed by atoms with E-state index in [1.807, 2.05) is 47.4 Å². The van der Waals surface area contributed by atoms with Gasteiger partial charge < -0.3 is 18.8 Å². The molecule has 168 valence electrons. The van der Waals surface area contributed by atoms with Crippen LogP contribution in [0.1, 0.15) is 36.9 Å². The molecule has 1 aromatic heterocycles. The second-order valence-corrected chi connectivity index (χ2v) is 8.15. The molecule has 1 amide bonds. The van der Waals surface area contributed by atoms with E-state index in [0.717, 1.165) is 55.7 Å². The van der Waals surface area contributed by atoms with Gasteiger partial charge in [-0.2, -0.15) is 0 Å². The number of hydrogen-bond donors (Lipinski definition) is 0. The highest BCUT2D eigenvalue weighted by atomic mass is 16.5. The Balaban J connectivity index is 1.39. The number of hydrogen-bond acceptors (Lipinski definition) is 5. The Bertz CT molecular complexity index is 1030. The molecule has 1 fully saturated rings. The molecule has 2 aromatic carbocycles. The number of carbonyl (C=O) groups excluding carboxylic acids is 1. The number of benzene rings is 2. The molecule has 1 atom stereocenters. The molecule has 0 radical (unpaired) electrons. The summed E-state index contributed by atoms with van der Waals surface area (Å²) in [5.41, 5.74) is 2.78. The van der Waals surface area contributed by atoms with Gasteiger partial charge >= 0.3 is 0 Å². The summed E-state index contributed by atoms with van der Waals surface area (Å²) in [4.78, 5) is 19.7. The lowest BCUT2D eigenvalue weighted by atomic mass is 9.95. The molecule has 2 heterocycles. The third-order valence-corrected chi connectivity index (χ3v) is 6.07. The fourth-order valence-corrected chi connectivity index (χ4v) is 4.36. The normalized spacial score (nSPS) is 16.1. The van der Waals surface area contributed by atoms with Gasteiger partial charge in [-0.3, -0.25) is 4.79 Å². The molecule has 6 nitrogen and oxygen atoms in total. The van der Waals surface area contributed by atoms with Gasteiger partial charge in [-0.15, -0.1) is 0 Å². The van der Waals surface area contributed by atoms with Crippen LogP contribution in [0.4, 0.5) is 0 Å². The molecular weight excluding hydrogens is 404 g/mol. The standard InChI is InChI=1S/C26H30N2O4/c1-30-23-14-12-19(16-24(23)31-2)11-13-22-10-6-7-15-28(22)25(29)17-21-18-32-26(27-21)20-8-4-3-5-9-20/h3-5,8-9,12,14,16,18,22H,6-7,10-11,13,15,17H2,1-2H3. The zero-order chi connectivity index (χ0) is 22.3. The topological polar surface area (TPSA) is 64.8 Å². The van der Waals surface area contributed by atoms with Gasteiger partial charge in [0.25, 0.3) is 0 Å². The van der Waals surface area contributed by atoms with Gasteiger partial charge in [0.2, 0.25) is 11.8 Å². The first-order chi connectivity index (χ1) is 15.7. The van der Waals surface area contributed by atoms with Gasteiger partial charge in [0, 0.05) is 18.2 Å². The Morgan fingerprint density at radius 3 is 2.69 bits per heavy atom. The Labute approximate surface area is 189 Å². The molecule has 0 N–H and O–H groups in total. The lowest BCUT2D eigenvalue weighted by Gasteiger charge is -2.36. The highest BCUT2D eigenvalue weighted by molar-refractivity contribution is 5.79. The van der Waals surface area contributed by atoms with Crippen LogP contribution in [0.2, 0.25) is 0 Å². The molecule has 1 aliphatic heterocycles. The molecule has 0 saturated carbocycles. The number of amides is 1. The molecule has 1 unspecified atom stereocenters. The summed E-state index contributed by atoms with van der Waals surface area (Å²) in [7, 11) is 3.29. The molecule has 3 aromatic rings. The molecule has 0 bridgehead atoms. The predicted octanol–water partition coefficient (Wildman–Crippen LogP) is 4.92. The van der Waals surface area contributed by atoms with E-state index in [1.165, 1.54) is 5.56 Å². The van der Waals surface area contributed by atoms with E-state index in [-0.39, 0.29) is 18.4 Å². The monoisotopic (exact) mass is 434 g/mol. The lowest BCUT2D eigenvalue weighted by molar-refractivity contribution is -0.134. The first-order valence-corrected chi connectivity index (χ1v) is 11.2. The minimum absolute atomic E-state index is 0.120. The van der Waals surface area contributed by atoms with Crippen molar-refractivity contribution in [2.45, 2.75) is 44.6 Å². The largest absolute Gasteiger partial charge is 0.493 e. The summed E-state index contributed by atoms with van der Waals surface area (Å²) in [6.07, 6.45) is 6.92. The van der Waals surface area contributed by atoms with Crippen molar-refractivity contribution < 1.29 is 18.7 Å². The molecular formula is C26H30N2O4. The van der Waals surface area contributed by atoms with Crippen LogP contribution < -0.4 is 9.47 Å². The fourth-order valence-electron chi connectivity index (χ4n) is 4.36. The second kappa shape index (κ2) is 10.4. The summed E-state index contributed by atoms with van der Waals surface area (Å²) in [5.74, 6) is 2.14. The van der Waals surface area contributed by atoms with E-state index in [4.69, 9.17) is 13.9 Å². The SMILES string of the molecule is COc1ccc(CCC2CCCCN2C(=O)Cc2coc(-c3ccccc3)n2)cc1OC. The van der Waals surface area contributed by atoms with Gasteiger partial charge in [-0.25, -0.2) is 4.98 Å². The maximum absolute atomic E-state index is 13.1. The van der Waals surface area contributed by atoms with E-state index < -0.39 is 0 Å². The number of piperidine rings is 1. The molecule has 4 rings (SSSR count). The van der Waals surface area contributed by atoms with Crippen LogP contribution in [0.15, 0.2) is 59.2 Å². The maximum Gasteiger partial charge on any atom is 0.228 e. The van der Waals surface area contributed by atoms with Crippen LogP contribution in [-0.4, -0.2) is 42.6 Å². The van der Waals surface area contributed by atoms with Crippen molar-refractivity contribution in [1.82, 2.24) is 9.88 Å². The van der Waals surface area contributed by atoms with Gasteiger partial charge in [-0.05, 0) is 61.9 Å². The Kier molecular flexibility index (Phi) is 7.10. The first-order valence-electron chi connectivity index (χ1n) is 11.2. The van der Waals surface area contributed by atoms with E-state index in [2.05, 4.69) is 11.1 Å². The zero-order valence-corrected chi connectivity index (χ0v) is 18.8. The molecule has 1 saturated heterocycles. The Morgan fingerprint density at radius 2 is 1.91 bits per heavy atom. The van der Waals surface area contributed by atoms with Crippen molar-refractivity contribution >= 4 is 5.91 Å². The summed E-state index contributed by atoms with van der Waals surface area (Å²) in [6, 6.07) is 16.0. The highest BCUT2D eigenvalue weighted by Gasteiger charge is 2.27. The number of likely N-dealkylation sites (tertiary alicyclic amines) is 1. The molecule has 1 aliphatic rings. The van der Waals surface area contributed by atoms with Crippen molar-refractivity contribution in [3.8, 4) is 23.0 Å². The van der Waals surface area contributed by atoms with E-state index >= 15 is 0 Å². The van der Waals surface area contributed by atoms with E-state index in [1.54, 1.807) is 20.5 Å². The number of aryl methyl sites for hydroxylation is 1. The average molecular weight is 435 g/mol. The molecule has 0 aliphatic carbocycles. The number of aromatic nitrogens is 1. The van der Waals surface area contributed by atoms with Gasteiger partial charge in [0.1, 0.15) is 6.26 Å². The van der Waals surface area contributed by atoms with Crippen LogP contribution in [0.3, 0.4) is 0 Å². The number of rotatable bonds is 8. The van der Waals surface area contributed by atoms with Crippen molar-refractivity contribution in [1.29, 1.82) is 0 Å². The number of carbonyl (C=O) groups is 1. The second-order valence-electron chi connectivity index (χ2n) is 8.15. The van der Waals surface area contributed by atoms with Gasteiger partial charge in [0.15, 0.2) is 11.5 Å².